The quantitative estimate of drug-likeness (QED) is 0.923. The summed E-state index contributed by atoms with van der Waals surface area (Å²) in [5.41, 5.74) is 0.503. The molecule has 1 aromatic rings. The number of carboxylic acid groups (broad SMARTS) is 1. The van der Waals surface area contributed by atoms with Crippen molar-refractivity contribution in [1.29, 1.82) is 0 Å². The van der Waals surface area contributed by atoms with Crippen LogP contribution in [0.5, 0.6) is 0 Å². The second kappa shape index (κ2) is 6.22. The molecule has 0 aromatic heterocycles. The molecule has 4 nitrogen and oxygen atoms in total. The van der Waals surface area contributed by atoms with Crippen LogP contribution in [0.15, 0.2) is 18.2 Å². The van der Waals surface area contributed by atoms with Gasteiger partial charge in [0.1, 0.15) is 5.82 Å². The zero-order chi connectivity index (χ0) is 14.7. The predicted octanol–water partition coefficient (Wildman–Crippen LogP) is 2.44. The van der Waals surface area contributed by atoms with Gasteiger partial charge in [0.25, 0.3) is 0 Å². The molecule has 20 heavy (non-hydrogen) atoms. The molecular weight excluding hydrogens is 259 g/mol. The van der Waals surface area contributed by atoms with E-state index in [0.29, 0.717) is 5.69 Å². The van der Waals surface area contributed by atoms with Gasteiger partial charge in [0.15, 0.2) is 0 Å². The van der Waals surface area contributed by atoms with E-state index in [4.69, 9.17) is 5.11 Å². The molecule has 1 unspecified atom stereocenters. The number of carboxylic acids is 1. The molecule has 110 valence electrons. The Morgan fingerprint density at radius 2 is 2.20 bits per heavy atom. The average Bonchev–Trinajstić information content (AvgIpc) is 2.60. The van der Waals surface area contributed by atoms with Crippen molar-refractivity contribution in [2.24, 2.45) is 0 Å². The van der Waals surface area contributed by atoms with Crippen molar-refractivity contribution in [3.63, 3.8) is 0 Å². The third-order valence-electron chi connectivity index (χ3n) is 3.88. The van der Waals surface area contributed by atoms with Gasteiger partial charge in [-0.25, -0.2) is 9.18 Å². The fraction of sp³-hybridized carbons (Fsp3) is 0.533. The molecule has 1 atom stereocenters. The maximum atomic E-state index is 14.2. The Balaban J connectivity index is 2.30. The van der Waals surface area contributed by atoms with Crippen LogP contribution in [0.1, 0.15) is 30.1 Å². The van der Waals surface area contributed by atoms with E-state index >= 15 is 0 Å². The van der Waals surface area contributed by atoms with Crippen LogP contribution in [0.4, 0.5) is 10.1 Å². The monoisotopic (exact) mass is 280 g/mol. The summed E-state index contributed by atoms with van der Waals surface area (Å²) in [7, 11) is 2.08. The smallest absolute Gasteiger partial charge is 0.335 e. The minimum atomic E-state index is -1.10. The van der Waals surface area contributed by atoms with Gasteiger partial charge in [0.2, 0.25) is 0 Å². The van der Waals surface area contributed by atoms with E-state index < -0.39 is 11.8 Å². The van der Waals surface area contributed by atoms with E-state index in [1.807, 2.05) is 0 Å². The number of carbonyl (C=O) groups is 1. The topological polar surface area (TPSA) is 43.8 Å². The summed E-state index contributed by atoms with van der Waals surface area (Å²) in [5.74, 6) is -1.55. The summed E-state index contributed by atoms with van der Waals surface area (Å²) in [4.78, 5) is 15.2. The molecule has 1 fully saturated rings. The lowest BCUT2D eigenvalue weighted by molar-refractivity contribution is 0.0696. The summed E-state index contributed by atoms with van der Waals surface area (Å²) in [6, 6.07) is 4.43. The maximum absolute atomic E-state index is 14.2. The zero-order valence-corrected chi connectivity index (χ0v) is 12.0. The lowest BCUT2D eigenvalue weighted by atomic mass is 10.1. The molecule has 0 radical (unpaired) electrons. The molecule has 0 spiro atoms. The normalized spacial score (nSPS) is 20.8. The molecule has 1 aromatic carbocycles. The minimum Gasteiger partial charge on any atom is -0.478 e. The molecule has 2 rings (SSSR count). The van der Waals surface area contributed by atoms with Gasteiger partial charge >= 0.3 is 5.97 Å². The first kappa shape index (κ1) is 14.8. The van der Waals surface area contributed by atoms with Crippen LogP contribution >= 0.6 is 0 Å². The Kier molecular flexibility index (Phi) is 4.60. The van der Waals surface area contributed by atoms with Crippen LogP contribution in [0.25, 0.3) is 0 Å². The minimum absolute atomic E-state index is 0.00811. The van der Waals surface area contributed by atoms with Crippen molar-refractivity contribution in [3.05, 3.63) is 29.6 Å². The molecule has 1 aliphatic heterocycles. The Hall–Kier alpha value is -1.62. The van der Waals surface area contributed by atoms with E-state index in [-0.39, 0.29) is 11.6 Å². The molecule has 0 aliphatic carbocycles. The second-order valence-corrected chi connectivity index (χ2v) is 5.34. The third-order valence-corrected chi connectivity index (χ3v) is 3.88. The van der Waals surface area contributed by atoms with Crippen LogP contribution in [0.2, 0.25) is 0 Å². The first-order valence-corrected chi connectivity index (χ1v) is 7.01. The highest BCUT2D eigenvalue weighted by Gasteiger charge is 2.24. The molecule has 1 N–H and O–H groups in total. The summed E-state index contributed by atoms with van der Waals surface area (Å²) < 4.78 is 14.2. The van der Waals surface area contributed by atoms with E-state index in [1.165, 1.54) is 6.07 Å². The van der Waals surface area contributed by atoms with Crippen LogP contribution in [0, 0.1) is 5.82 Å². The van der Waals surface area contributed by atoms with E-state index in [2.05, 4.69) is 23.8 Å². The van der Waals surface area contributed by atoms with Crippen molar-refractivity contribution < 1.29 is 14.3 Å². The molecule has 0 saturated carbocycles. The van der Waals surface area contributed by atoms with E-state index in [1.54, 1.807) is 6.07 Å². The highest BCUT2D eigenvalue weighted by Crippen LogP contribution is 2.25. The first-order valence-electron chi connectivity index (χ1n) is 7.01. The summed E-state index contributed by atoms with van der Waals surface area (Å²) >= 11 is 0. The number of likely N-dealkylation sites (N-methyl/N-ethyl adjacent to an activating group) is 1. The maximum Gasteiger partial charge on any atom is 0.335 e. The predicted molar refractivity (Wildman–Crippen MR) is 76.9 cm³/mol. The number of nitrogens with zero attached hydrogens (tertiary/aromatic N) is 2. The van der Waals surface area contributed by atoms with Gasteiger partial charge in [-0.2, -0.15) is 0 Å². The van der Waals surface area contributed by atoms with Crippen LogP contribution in [-0.2, 0) is 0 Å². The molecule has 1 aliphatic rings. The summed E-state index contributed by atoms with van der Waals surface area (Å²) in [6.45, 7) is 4.80. The number of halogens is 1. The Bertz CT molecular complexity index is 493. The lowest BCUT2D eigenvalue weighted by Gasteiger charge is -2.32. The SMILES string of the molecule is CCC1CN(C)CCCN1c1ccc(C(=O)O)cc1F. The lowest BCUT2D eigenvalue weighted by Crippen LogP contribution is -2.40. The Morgan fingerprint density at radius 3 is 2.80 bits per heavy atom. The largest absolute Gasteiger partial charge is 0.478 e. The van der Waals surface area contributed by atoms with Gasteiger partial charge in [0, 0.05) is 19.1 Å². The van der Waals surface area contributed by atoms with Crippen molar-refractivity contribution in [2.75, 3.05) is 31.6 Å². The van der Waals surface area contributed by atoms with Crippen LogP contribution < -0.4 is 4.90 Å². The molecule has 0 bridgehead atoms. The average molecular weight is 280 g/mol. The zero-order valence-electron chi connectivity index (χ0n) is 12.0. The Labute approximate surface area is 118 Å². The number of hydrogen-bond acceptors (Lipinski definition) is 3. The van der Waals surface area contributed by atoms with Gasteiger partial charge in [-0.15, -0.1) is 0 Å². The number of benzene rings is 1. The fourth-order valence-electron chi connectivity index (χ4n) is 2.78. The van der Waals surface area contributed by atoms with Gasteiger partial charge in [0.05, 0.1) is 11.3 Å². The number of hydrogen-bond donors (Lipinski definition) is 1. The number of rotatable bonds is 3. The third kappa shape index (κ3) is 3.10. The number of aromatic carboxylic acids is 1. The highest BCUT2D eigenvalue weighted by molar-refractivity contribution is 5.88. The standard InChI is InChI=1S/C15H21FN2O2/c1-3-12-10-17(2)7-4-8-18(12)14-6-5-11(15(19)20)9-13(14)16/h5-6,9,12H,3-4,7-8,10H2,1-2H3,(H,19,20). The van der Waals surface area contributed by atoms with Crippen molar-refractivity contribution in [2.45, 2.75) is 25.8 Å². The molecule has 1 saturated heterocycles. The van der Waals surface area contributed by atoms with Crippen LogP contribution in [-0.4, -0.2) is 48.7 Å². The molecule has 5 heteroatoms. The molecular formula is C15H21FN2O2. The van der Waals surface area contributed by atoms with Crippen molar-refractivity contribution in [1.82, 2.24) is 4.90 Å². The van der Waals surface area contributed by atoms with Gasteiger partial charge in [-0.3, -0.25) is 0 Å². The summed E-state index contributed by atoms with van der Waals surface area (Å²) in [6.07, 6.45) is 1.91. The summed E-state index contributed by atoms with van der Waals surface area (Å²) in [5, 5.41) is 8.90. The van der Waals surface area contributed by atoms with Gasteiger partial charge in [-0.05, 0) is 44.6 Å². The first-order chi connectivity index (χ1) is 9.52. The highest BCUT2D eigenvalue weighted by atomic mass is 19.1. The number of anilines is 1. The van der Waals surface area contributed by atoms with Crippen LogP contribution in [0.3, 0.4) is 0 Å². The van der Waals surface area contributed by atoms with Gasteiger partial charge < -0.3 is 14.9 Å². The molecule has 1 heterocycles. The van der Waals surface area contributed by atoms with Gasteiger partial charge in [-0.1, -0.05) is 6.92 Å². The van der Waals surface area contributed by atoms with E-state index in [0.717, 1.165) is 38.5 Å². The Morgan fingerprint density at radius 1 is 1.45 bits per heavy atom. The van der Waals surface area contributed by atoms with Crippen molar-refractivity contribution >= 4 is 11.7 Å². The fourth-order valence-corrected chi connectivity index (χ4v) is 2.78. The van der Waals surface area contributed by atoms with Crippen molar-refractivity contribution in [3.8, 4) is 0 Å². The van der Waals surface area contributed by atoms with E-state index in [9.17, 15) is 9.18 Å². The molecule has 0 amide bonds. The second-order valence-electron chi connectivity index (χ2n) is 5.34.